The number of likely N-dealkylation sites (N-methyl/N-ethyl adjacent to an activating group) is 1. The smallest absolute Gasteiger partial charge is 0.255 e. The summed E-state index contributed by atoms with van der Waals surface area (Å²) in [6, 6.07) is 5.65. The molecule has 0 radical (unpaired) electrons. The second-order valence-electron chi connectivity index (χ2n) is 9.53. The Labute approximate surface area is 200 Å². The number of nitrogens with two attached hydrogens (primary N) is 1. The van der Waals surface area contributed by atoms with Crippen LogP contribution in [0.2, 0.25) is 0 Å². The number of hydrogen-bond acceptors (Lipinski definition) is 8. The molecule has 1 saturated carbocycles. The highest BCUT2D eigenvalue weighted by Crippen LogP contribution is 2.53. The molecule has 0 aliphatic heterocycles. The van der Waals surface area contributed by atoms with Crippen molar-refractivity contribution in [3.63, 3.8) is 0 Å². The Morgan fingerprint density at radius 3 is 2.49 bits per heavy atom. The van der Waals surface area contributed by atoms with Crippen LogP contribution in [0.25, 0.3) is 17.0 Å². The quantitative estimate of drug-likeness (QED) is 0.353. The SMILES string of the molecule is CN(C)C1C(=O)C(C(N)=O)=C(O)C2(O)C(=O)C3=C(O)c4c(O)ccc(-c5ccc[nH]5)c4CC3CC12. The van der Waals surface area contributed by atoms with Crippen LogP contribution in [0, 0.1) is 11.8 Å². The summed E-state index contributed by atoms with van der Waals surface area (Å²) < 4.78 is 0. The second kappa shape index (κ2) is 7.56. The Balaban J connectivity index is 1.75. The van der Waals surface area contributed by atoms with Gasteiger partial charge in [-0.3, -0.25) is 19.3 Å². The normalized spacial score (nSPS) is 28.2. The number of rotatable bonds is 3. The standard InChI is InChI=1S/C25H25N3O7/c1-28(2)19-13-9-10-8-12-11(14-4-3-7-27-14)5-6-15(29)17(12)20(30)16(10)22(32)25(13,35)23(33)18(21(19)31)24(26)34/h3-7,10,13,19,27,29-30,33,35H,8-9H2,1-2H3,(H2,26,34). The van der Waals surface area contributed by atoms with Crippen LogP contribution in [0.5, 0.6) is 5.75 Å². The molecule has 10 heteroatoms. The zero-order chi connectivity index (χ0) is 25.4. The van der Waals surface area contributed by atoms with Gasteiger partial charge in [-0.25, -0.2) is 0 Å². The predicted molar refractivity (Wildman–Crippen MR) is 124 cm³/mol. The van der Waals surface area contributed by atoms with Crippen LogP contribution < -0.4 is 5.73 Å². The molecule has 7 N–H and O–H groups in total. The van der Waals surface area contributed by atoms with Crippen LogP contribution in [0.4, 0.5) is 0 Å². The van der Waals surface area contributed by atoms with Crippen molar-refractivity contribution in [2.24, 2.45) is 17.6 Å². The maximum absolute atomic E-state index is 13.8. The number of H-pyrrole nitrogens is 1. The minimum atomic E-state index is -2.64. The van der Waals surface area contributed by atoms with E-state index in [-0.39, 0.29) is 29.7 Å². The number of aliphatic hydroxyl groups excluding tert-OH is 2. The summed E-state index contributed by atoms with van der Waals surface area (Å²) in [6.45, 7) is 0. The van der Waals surface area contributed by atoms with Gasteiger partial charge in [-0.1, -0.05) is 0 Å². The Morgan fingerprint density at radius 1 is 1.17 bits per heavy atom. The molecule has 1 aromatic carbocycles. The lowest BCUT2D eigenvalue weighted by atomic mass is 9.57. The molecule has 1 heterocycles. The van der Waals surface area contributed by atoms with E-state index in [2.05, 4.69) is 4.98 Å². The molecule has 35 heavy (non-hydrogen) atoms. The number of carbonyl (C=O) groups is 3. The van der Waals surface area contributed by atoms with Gasteiger partial charge in [0, 0.05) is 28.9 Å². The lowest BCUT2D eigenvalue weighted by Gasteiger charge is -2.50. The Hall–Kier alpha value is -3.89. The van der Waals surface area contributed by atoms with E-state index in [1.807, 2.05) is 12.1 Å². The van der Waals surface area contributed by atoms with Crippen molar-refractivity contribution in [3.05, 3.63) is 58.5 Å². The van der Waals surface area contributed by atoms with E-state index in [1.54, 1.807) is 26.4 Å². The summed E-state index contributed by atoms with van der Waals surface area (Å²) in [6.07, 6.45) is 2.02. The monoisotopic (exact) mass is 479 g/mol. The van der Waals surface area contributed by atoms with E-state index in [0.29, 0.717) is 5.56 Å². The number of primary amides is 1. The van der Waals surface area contributed by atoms with E-state index in [9.17, 15) is 34.8 Å². The van der Waals surface area contributed by atoms with Gasteiger partial charge in [0.1, 0.15) is 22.8 Å². The van der Waals surface area contributed by atoms with Crippen molar-refractivity contribution >= 4 is 23.2 Å². The van der Waals surface area contributed by atoms with Crippen LogP contribution >= 0.6 is 0 Å². The Morgan fingerprint density at radius 2 is 1.89 bits per heavy atom. The molecular weight excluding hydrogens is 454 g/mol. The third-order valence-electron chi connectivity index (χ3n) is 7.49. The summed E-state index contributed by atoms with van der Waals surface area (Å²) in [7, 11) is 3.13. The maximum Gasteiger partial charge on any atom is 0.255 e. The van der Waals surface area contributed by atoms with Crippen molar-refractivity contribution in [2.75, 3.05) is 14.1 Å². The zero-order valence-corrected chi connectivity index (χ0v) is 19.1. The van der Waals surface area contributed by atoms with Gasteiger partial charge in [0.15, 0.2) is 11.4 Å². The van der Waals surface area contributed by atoms with Crippen LogP contribution in [-0.2, 0) is 20.8 Å². The number of nitrogens with one attached hydrogen (secondary N) is 1. The van der Waals surface area contributed by atoms with Gasteiger partial charge in [-0.15, -0.1) is 0 Å². The lowest BCUT2D eigenvalue weighted by Crippen LogP contribution is -2.65. The minimum Gasteiger partial charge on any atom is -0.508 e. The first kappa shape index (κ1) is 22.9. The number of aliphatic hydroxyl groups is 3. The number of phenols is 1. The first-order valence-electron chi connectivity index (χ1n) is 11.1. The van der Waals surface area contributed by atoms with Gasteiger partial charge in [-0.05, 0) is 62.7 Å². The molecule has 3 aliphatic rings. The Kier molecular flexibility index (Phi) is 4.94. The average molecular weight is 479 g/mol. The number of nitrogens with zero attached hydrogens (tertiary/aromatic N) is 1. The number of benzene rings is 1. The molecule has 4 atom stereocenters. The number of phenolic OH excluding ortho intramolecular Hbond substituents is 1. The van der Waals surface area contributed by atoms with E-state index in [0.717, 1.165) is 11.3 Å². The van der Waals surface area contributed by atoms with E-state index in [4.69, 9.17) is 5.73 Å². The summed E-state index contributed by atoms with van der Waals surface area (Å²) in [5.41, 5.74) is 3.83. The fourth-order valence-electron chi connectivity index (χ4n) is 5.99. The summed E-state index contributed by atoms with van der Waals surface area (Å²) in [4.78, 5) is 43.5. The number of fused-ring (bicyclic) bond motifs is 3. The number of aromatic hydroxyl groups is 1. The molecule has 1 aromatic heterocycles. The van der Waals surface area contributed by atoms with Crippen molar-refractivity contribution in [3.8, 4) is 17.0 Å². The van der Waals surface area contributed by atoms with Gasteiger partial charge in [-0.2, -0.15) is 0 Å². The average Bonchev–Trinajstić information content (AvgIpc) is 3.30. The molecular formula is C25H25N3O7. The van der Waals surface area contributed by atoms with Crippen LogP contribution in [0.3, 0.4) is 0 Å². The first-order chi connectivity index (χ1) is 16.5. The van der Waals surface area contributed by atoms with Gasteiger partial charge in [0.2, 0.25) is 5.78 Å². The number of Topliss-reactive ketones (excluding diaryl/α,β-unsaturated/α-hetero) is 2. The molecule has 0 bridgehead atoms. The summed E-state index contributed by atoms with van der Waals surface area (Å²) >= 11 is 0. The molecule has 2 aromatic rings. The van der Waals surface area contributed by atoms with Crippen LogP contribution in [0.1, 0.15) is 17.5 Å². The lowest BCUT2D eigenvalue weighted by molar-refractivity contribution is -0.153. The van der Waals surface area contributed by atoms with Gasteiger partial charge < -0.3 is 31.1 Å². The number of aromatic amines is 1. The maximum atomic E-state index is 13.8. The molecule has 0 spiro atoms. The largest absolute Gasteiger partial charge is 0.508 e. The van der Waals surface area contributed by atoms with Crippen molar-refractivity contribution in [1.29, 1.82) is 0 Å². The predicted octanol–water partition coefficient (Wildman–Crippen LogP) is 0.959. The van der Waals surface area contributed by atoms with Crippen LogP contribution in [0.15, 0.2) is 47.4 Å². The number of carbonyl (C=O) groups excluding carboxylic acids is 3. The van der Waals surface area contributed by atoms with Gasteiger partial charge >= 0.3 is 0 Å². The second-order valence-corrected chi connectivity index (χ2v) is 9.53. The zero-order valence-electron chi connectivity index (χ0n) is 19.1. The third kappa shape index (κ3) is 2.93. The van der Waals surface area contributed by atoms with Crippen molar-refractivity contribution in [2.45, 2.75) is 24.5 Å². The topological polar surface area (TPSA) is 177 Å². The van der Waals surface area contributed by atoms with Crippen LogP contribution in [-0.4, -0.2) is 73.5 Å². The molecule has 182 valence electrons. The highest BCUT2D eigenvalue weighted by molar-refractivity contribution is 6.24. The molecule has 3 aliphatic carbocycles. The first-order valence-corrected chi connectivity index (χ1v) is 11.1. The van der Waals surface area contributed by atoms with Crippen molar-refractivity contribution < 1.29 is 34.8 Å². The van der Waals surface area contributed by atoms with Gasteiger partial charge in [0.05, 0.1) is 11.6 Å². The van der Waals surface area contributed by atoms with Crippen molar-refractivity contribution in [1.82, 2.24) is 9.88 Å². The van der Waals surface area contributed by atoms with E-state index < -0.39 is 58.0 Å². The minimum absolute atomic E-state index is 0.0472. The highest BCUT2D eigenvalue weighted by Gasteiger charge is 2.64. The molecule has 0 saturated heterocycles. The van der Waals surface area contributed by atoms with E-state index >= 15 is 0 Å². The number of ketones is 2. The summed E-state index contributed by atoms with van der Waals surface area (Å²) in [5, 5.41) is 44.3. The highest BCUT2D eigenvalue weighted by atomic mass is 16.3. The molecule has 10 nitrogen and oxygen atoms in total. The molecule has 5 rings (SSSR count). The molecule has 1 amide bonds. The fourth-order valence-corrected chi connectivity index (χ4v) is 5.99. The number of amides is 1. The molecule has 4 unspecified atom stereocenters. The number of aromatic nitrogens is 1. The number of hydrogen-bond donors (Lipinski definition) is 6. The Bertz CT molecular complexity index is 1360. The molecule has 1 fully saturated rings. The fraction of sp³-hybridized carbons (Fsp3) is 0.320. The van der Waals surface area contributed by atoms with E-state index in [1.165, 1.54) is 11.0 Å². The third-order valence-corrected chi connectivity index (χ3v) is 7.49. The summed E-state index contributed by atoms with van der Waals surface area (Å²) in [5.74, 6) is -6.64. The van der Waals surface area contributed by atoms with Gasteiger partial charge in [0.25, 0.3) is 5.91 Å².